The van der Waals surface area contributed by atoms with Crippen LogP contribution >= 0.6 is 0 Å². The third kappa shape index (κ3) is 7.27. The summed E-state index contributed by atoms with van der Waals surface area (Å²) in [7, 11) is 1.14. The number of carbonyl (C=O) groups excluding carboxylic acids is 6. The van der Waals surface area contributed by atoms with Gasteiger partial charge in [0.2, 0.25) is 0 Å². The number of carbonyl (C=O) groups is 6. The predicted molar refractivity (Wildman–Crippen MR) is 120 cm³/mol. The monoisotopic (exact) mass is 507 g/mol. The molecule has 0 heterocycles. The SMILES string of the molecule is COC(=O)[C@@H](NC(=O)C1(OC(C)=O)C[C@@H](OC(C)=O)C(OC(C)=O)[C@H](OC(C)=O)C1)c1ccccc1. The van der Waals surface area contributed by atoms with Crippen molar-refractivity contribution < 1.29 is 52.5 Å². The molecule has 1 N–H and O–H groups in total. The molecule has 2 rings (SSSR count). The van der Waals surface area contributed by atoms with Gasteiger partial charge in [-0.25, -0.2) is 4.79 Å². The van der Waals surface area contributed by atoms with Crippen LogP contribution in [0.3, 0.4) is 0 Å². The lowest BCUT2D eigenvalue weighted by atomic mass is 9.78. The van der Waals surface area contributed by atoms with Crippen molar-refractivity contribution in [1.29, 1.82) is 0 Å². The maximum Gasteiger partial charge on any atom is 0.333 e. The van der Waals surface area contributed by atoms with E-state index in [0.29, 0.717) is 5.56 Å². The van der Waals surface area contributed by atoms with Crippen LogP contribution in [0.25, 0.3) is 0 Å². The summed E-state index contributed by atoms with van der Waals surface area (Å²) in [6.45, 7) is 4.36. The lowest BCUT2D eigenvalue weighted by Crippen LogP contribution is -2.63. The molecule has 0 bridgehead atoms. The van der Waals surface area contributed by atoms with Crippen molar-refractivity contribution >= 4 is 35.8 Å². The molecule has 12 nitrogen and oxygen atoms in total. The average molecular weight is 507 g/mol. The number of ether oxygens (including phenoxy) is 5. The first-order chi connectivity index (χ1) is 16.9. The molecule has 0 unspecified atom stereocenters. The minimum atomic E-state index is -2.07. The standard InChI is InChI=1S/C24H29NO11/c1-13(26)33-18-11-24(36-16(4)29,12-19(34-14(2)27)21(18)35-15(3)28)23(31)25-20(22(30)32-5)17-9-7-6-8-10-17/h6-10,18-21H,11-12H2,1-5H3,(H,25,31)/t18-,19-,20+,21?,24?/m1/s1. The Morgan fingerprint density at radius 1 is 0.806 bits per heavy atom. The maximum atomic E-state index is 13.7. The number of esters is 5. The third-order valence-electron chi connectivity index (χ3n) is 5.33. The van der Waals surface area contributed by atoms with Crippen molar-refractivity contribution in [3.8, 4) is 0 Å². The minimum absolute atomic E-state index is 0.386. The number of hydrogen-bond donors (Lipinski definition) is 1. The van der Waals surface area contributed by atoms with E-state index in [1.165, 1.54) is 0 Å². The smallest absolute Gasteiger partial charge is 0.333 e. The van der Waals surface area contributed by atoms with Crippen molar-refractivity contribution in [1.82, 2.24) is 5.32 Å². The van der Waals surface area contributed by atoms with Crippen molar-refractivity contribution in [2.75, 3.05) is 7.11 Å². The molecule has 1 aromatic carbocycles. The first kappa shape index (κ1) is 28.3. The molecule has 0 aliphatic heterocycles. The molecule has 12 heteroatoms. The van der Waals surface area contributed by atoms with Crippen molar-refractivity contribution in [3.63, 3.8) is 0 Å². The molecule has 1 amide bonds. The Balaban J connectivity index is 2.55. The highest BCUT2D eigenvalue weighted by molar-refractivity contribution is 5.92. The Kier molecular flexibility index (Phi) is 9.53. The lowest BCUT2D eigenvalue weighted by Gasteiger charge is -2.45. The number of benzene rings is 1. The normalized spacial score (nSPS) is 23.9. The summed E-state index contributed by atoms with van der Waals surface area (Å²) in [4.78, 5) is 73.7. The van der Waals surface area contributed by atoms with Gasteiger partial charge >= 0.3 is 29.8 Å². The molecule has 196 valence electrons. The van der Waals surface area contributed by atoms with Gasteiger partial charge in [-0.2, -0.15) is 0 Å². The number of amides is 1. The van der Waals surface area contributed by atoms with E-state index < -0.39 is 78.6 Å². The van der Waals surface area contributed by atoms with Crippen LogP contribution in [-0.2, 0) is 52.5 Å². The van der Waals surface area contributed by atoms with Gasteiger partial charge in [-0.05, 0) is 5.56 Å². The molecule has 0 saturated heterocycles. The summed E-state index contributed by atoms with van der Waals surface area (Å²) >= 11 is 0. The van der Waals surface area contributed by atoms with E-state index in [-0.39, 0.29) is 0 Å². The van der Waals surface area contributed by atoms with Gasteiger partial charge in [0.25, 0.3) is 5.91 Å². The first-order valence-electron chi connectivity index (χ1n) is 11.0. The second-order valence-corrected chi connectivity index (χ2v) is 8.21. The van der Waals surface area contributed by atoms with Crippen LogP contribution in [0, 0.1) is 0 Å². The van der Waals surface area contributed by atoms with E-state index in [0.717, 1.165) is 34.8 Å². The Morgan fingerprint density at radius 3 is 1.72 bits per heavy atom. The van der Waals surface area contributed by atoms with Crippen LogP contribution < -0.4 is 5.32 Å². The fourth-order valence-corrected chi connectivity index (χ4v) is 4.09. The predicted octanol–water partition coefficient (Wildman–Crippen LogP) is 0.908. The van der Waals surface area contributed by atoms with E-state index in [1.807, 2.05) is 0 Å². The molecule has 0 radical (unpaired) electrons. The number of hydrogen-bond acceptors (Lipinski definition) is 11. The second kappa shape index (κ2) is 12.1. The van der Waals surface area contributed by atoms with Crippen molar-refractivity contribution in [3.05, 3.63) is 35.9 Å². The van der Waals surface area contributed by atoms with E-state index >= 15 is 0 Å². The van der Waals surface area contributed by atoms with Crippen LogP contribution in [0.15, 0.2) is 30.3 Å². The van der Waals surface area contributed by atoms with Crippen LogP contribution in [0.4, 0.5) is 0 Å². The molecule has 1 aliphatic rings. The summed E-state index contributed by atoms with van der Waals surface area (Å²) in [6, 6.07) is 6.90. The van der Waals surface area contributed by atoms with Gasteiger partial charge in [0.1, 0.15) is 12.2 Å². The molecule has 1 aliphatic carbocycles. The fraction of sp³-hybridized carbons (Fsp3) is 0.500. The molecule has 1 aromatic rings. The van der Waals surface area contributed by atoms with Gasteiger partial charge in [0, 0.05) is 40.5 Å². The third-order valence-corrected chi connectivity index (χ3v) is 5.33. The van der Waals surface area contributed by atoms with Gasteiger partial charge in [-0.1, -0.05) is 30.3 Å². The molecule has 3 atom stereocenters. The highest BCUT2D eigenvalue weighted by Crippen LogP contribution is 2.38. The number of rotatable bonds is 8. The molecular formula is C24H29NO11. The zero-order valence-electron chi connectivity index (χ0n) is 20.6. The Morgan fingerprint density at radius 2 is 1.31 bits per heavy atom. The lowest BCUT2D eigenvalue weighted by molar-refractivity contribution is -0.215. The summed E-state index contributed by atoms with van der Waals surface area (Å²) in [5.41, 5.74) is -1.68. The fourth-order valence-electron chi connectivity index (χ4n) is 4.09. The van der Waals surface area contributed by atoms with Crippen molar-refractivity contribution in [2.45, 2.75) is 70.5 Å². The Hall–Kier alpha value is -3.96. The summed E-state index contributed by atoms with van der Waals surface area (Å²) in [5.74, 6) is -4.92. The van der Waals surface area contributed by atoms with E-state index in [9.17, 15) is 28.8 Å². The van der Waals surface area contributed by atoms with Gasteiger partial charge in [-0.3, -0.25) is 24.0 Å². The largest absolute Gasteiger partial charge is 0.467 e. The maximum absolute atomic E-state index is 13.7. The number of nitrogens with one attached hydrogen (secondary N) is 1. The number of methoxy groups -OCH3 is 1. The Bertz CT molecular complexity index is 981. The summed E-state index contributed by atoms with van der Waals surface area (Å²) < 4.78 is 26.1. The molecule has 1 fully saturated rings. The highest BCUT2D eigenvalue weighted by Gasteiger charge is 2.57. The summed E-state index contributed by atoms with van der Waals surface area (Å²) in [5, 5.41) is 2.52. The topological polar surface area (TPSA) is 161 Å². The van der Waals surface area contributed by atoms with E-state index in [2.05, 4.69) is 5.32 Å². The van der Waals surface area contributed by atoms with Crippen LogP contribution in [-0.4, -0.2) is 66.8 Å². The van der Waals surface area contributed by atoms with E-state index in [1.54, 1.807) is 30.3 Å². The van der Waals surface area contributed by atoms with Crippen LogP contribution in [0.1, 0.15) is 52.1 Å². The molecule has 0 aromatic heterocycles. The zero-order valence-corrected chi connectivity index (χ0v) is 20.6. The van der Waals surface area contributed by atoms with E-state index in [4.69, 9.17) is 23.7 Å². The van der Waals surface area contributed by atoms with Gasteiger partial charge in [0.05, 0.1) is 7.11 Å². The van der Waals surface area contributed by atoms with Gasteiger partial charge in [-0.15, -0.1) is 0 Å². The molecular weight excluding hydrogens is 478 g/mol. The minimum Gasteiger partial charge on any atom is -0.467 e. The zero-order chi connectivity index (χ0) is 27.0. The van der Waals surface area contributed by atoms with Gasteiger partial charge < -0.3 is 29.0 Å². The molecule has 0 spiro atoms. The van der Waals surface area contributed by atoms with Crippen LogP contribution in [0.5, 0.6) is 0 Å². The quantitative estimate of drug-likeness (QED) is 0.393. The molecule has 36 heavy (non-hydrogen) atoms. The van der Waals surface area contributed by atoms with Crippen LogP contribution in [0.2, 0.25) is 0 Å². The highest BCUT2D eigenvalue weighted by atomic mass is 16.6. The van der Waals surface area contributed by atoms with Gasteiger partial charge in [0.15, 0.2) is 17.7 Å². The second-order valence-electron chi connectivity index (χ2n) is 8.21. The molecule has 1 saturated carbocycles. The first-order valence-corrected chi connectivity index (χ1v) is 11.0. The average Bonchev–Trinajstić information content (AvgIpc) is 2.78. The summed E-state index contributed by atoms with van der Waals surface area (Å²) in [6.07, 6.45) is -4.84. The Labute approximate surface area is 207 Å². The van der Waals surface area contributed by atoms with Crippen molar-refractivity contribution in [2.24, 2.45) is 0 Å².